The van der Waals surface area contributed by atoms with Gasteiger partial charge in [-0.1, -0.05) is 44.8 Å². The largest absolute Gasteiger partial charge is 0.388 e. The molecule has 142 valence electrons. The molecule has 0 aromatic carbocycles. The molecule has 0 aliphatic carbocycles. The SMILES string of the molecule is CCCCC/C=C/CCCCCCOC[C@@H](O)[C@@H]1OC[C@H](O)[C@@H]1O. The van der Waals surface area contributed by atoms with Crippen molar-refractivity contribution in [3.05, 3.63) is 12.2 Å². The first-order chi connectivity index (χ1) is 11.7. The maximum Gasteiger partial charge on any atom is 0.114 e. The highest BCUT2D eigenvalue weighted by Gasteiger charge is 2.39. The Labute approximate surface area is 146 Å². The van der Waals surface area contributed by atoms with Crippen LogP contribution in [0.2, 0.25) is 0 Å². The van der Waals surface area contributed by atoms with Crippen molar-refractivity contribution in [3.63, 3.8) is 0 Å². The lowest BCUT2D eigenvalue weighted by atomic mass is 10.1. The summed E-state index contributed by atoms with van der Waals surface area (Å²) >= 11 is 0. The second-order valence-corrected chi connectivity index (χ2v) is 6.67. The van der Waals surface area contributed by atoms with E-state index in [0.717, 1.165) is 19.3 Å². The third-order valence-electron chi connectivity index (χ3n) is 4.41. The van der Waals surface area contributed by atoms with Crippen molar-refractivity contribution in [3.8, 4) is 0 Å². The van der Waals surface area contributed by atoms with Gasteiger partial charge >= 0.3 is 0 Å². The van der Waals surface area contributed by atoms with Gasteiger partial charge in [-0.15, -0.1) is 0 Å². The molecule has 4 atom stereocenters. The Bertz CT molecular complexity index is 321. The third kappa shape index (κ3) is 9.14. The molecule has 1 saturated heterocycles. The molecule has 0 amide bonds. The van der Waals surface area contributed by atoms with Gasteiger partial charge in [0.15, 0.2) is 0 Å². The maximum atomic E-state index is 9.89. The van der Waals surface area contributed by atoms with Crippen molar-refractivity contribution in [2.45, 2.75) is 89.1 Å². The summed E-state index contributed by atoms with van der Waals surface area (Å²) in [5, 5.41) is 28.9. The van der Waals surface area contributed by atoms with Crippen LogP contribution >= 0.6 is 0 Å². The van der Waals surface area contributed by atoms with Gasteiger partial charge in [0.1, 0.15) is 24.4 Å². The van der Waals surface area contributed by atoms with Gasteiger partial charge in [-0.05, 0) is 32.1 Å². The zero-order chi connectivity index (χ0) is 17.6. The fourth-order valence-electron chi connectivity index (χ4n) is 2.83. The topological polar surface area (TPSA) is 79.2 Å². The molecule has 0 radical (unpaired) electrons. The summed E-state index contributed by atoms with van der Waals surface area (Å²) < 4.78 is 10.6. The molecule has 5 nitrogen and oxygen atoms in total. The first kappa shape index (κ1) is 21.6. The molecular weight excluding hydrogens is 308 g/mol. The lowest BCUT2D eigenvalue weighted by Gasteiger charge is -2.20. The molecular formula is C19H36O5. The second-order valence-electron chi connectivity index (χ2n) is 6.67. The number of ether oxygens (including phenoxy) is 2. The molecule has 0 aromatic heterocycles. The monoisotopic (exact) mass is 344 g/mol. The van der Waals surface area contributed by atoms with E-state index in [-0.39, 0.29) is 13.2 Å². The number of aliphatic hydroxyl groups excluding tert-OH is 3. The highest BCUT2D eigenvalue weighted by molar-refractivity contribution is 4.87. The van der Waals surface area contributed by atoms with Crippen LogP contribution in [0.25, 0.3) is 0 Å². The van der Waals surface area contributed by atoms with Crippen LogP contribution in [0.15, 0.2) is 12.2 Å². The summed E-state index contributed by atoms with van der Waals surface area (Å²) in [4.78, 5) is 0. The molecule has 1 aliphatic heterocycles. The quantitative estimate of drug-likeness (QED) is 0.333. The van der Waals surface area contributed by atoms with E-state index in [2.05, 4.69) is 19.1 Å². The van der Waals surface area contributed by atoms with Gasteiger partial charge in [0.05, 0.1) is 13.2 Å². The van der Waals surface area contributed by atoms with Crippen molar-refractivity contribution in [1.29, 1.82) is 0 Å². The van der Waals surface area contributed by atoms with Crippen molar-refractivity contribution < 1.29 is 24.8 Å². The van der Waals surface area contributed by atoms with E-state index in [0.29, 0.717) is 6.61 Å². The molecule has 1 fully saturated rings. The maximum absolute atomic E-state index is 9.89. The highest BCUT2D eigenvalue weighted by Crippen LogP contribution is 2.17. The van der Waals surface area contributed by atoms with E-state index in [1.165, 1.54) is 38.5 Å². The molecule has 0 aromatic rings. The van der Waals surface area contributed by atoms with Crippen LogP contribution in [0.5, 0.6) is 0 Å². The summed E-state index contributed by atoms with van der Waals surface area (Å²) in [5.41, 5.74) is 0. The van der Waals surface area contributed by atoms with Gasteiger partial charge in [-0.2, -0.15) is 0 Å². The van der Waals surface area contributed by atoms with E-state index in [4.69, 9.17) is 9.47 Å². The third-order valence-corrected chi connectivity index (χ3v) is 4.41. The van der Waals surface area contributed by atoms with Crippen LogP contribution in [0.3, 0.4) is 0 Å². The molecule has 24 heavy (non-hydrogen) atoms. The standard InChI is InChI=1S/C19H36O5/c1-2-3-4-5-6-7-8-9-10-11-12-13-23-14-17(21)19-18(22)16(20)15-24-19/h6-7,16-22H,2-5,8-15H2,1H3/b7-6+/t16-,17+,18-,19-/m0/s1. The normalized spacial score (nSPS) is 25.6. The zero-order valence-corrected chi connectivity index (χ0v) is 15.1. The molecule has 0 spiro atoms. The number of allylic oxidation sites excluding steroid dienone is 2. The Morgan fingerprint density at radius 1 is 1.04 bits per heavy atom. The first-order valence-corrected chi connectivity index (χ1v) is 9.55. The Balaban J connectivity index is 1.87. The Hall–Kier alpha value is -0.460. The average Bonchev–Trinajstić information content (AvgIpc) is 2.91. The molecule has 3 N–H and O–H groups in total. The predicted octanol–water partition coefficient (Wildman–Crippen LogP) is 2.57. The Morgan fingerprint density at radius 3 is 2.33 bits per heavy atom. The number of aliphatic hydroxyl groups is 3. The average molecular weight is 344 g/mol. The lowest BCUT2D eigenvalue weighted by Crippen LogP contribution is -2.40. The molecule has 0 bridgehead atoms. The number of rotatable bonds is 14. The Kier molecular flexibility index (Phi) is 12.4. The fraction of sp³-hybridized carbons (Fsp3) is 0.895. The van der Waals surface area contributed by atoms with Gasteiger partial charge in [0.25, 0.3) is 0 Å². The molecule has 0 saturated carbocycles. The van der Waals surface area contributed by atoms with Crippen LogP contribution in [0.1, 0.15) is 64.7 Å². The van der Waals surface area contributed by atoms with Crippen LogP contribution in [-0.4, -0.2) is 59.6 Å². The number of hydrogen-bond donors (Lipinski definition) is 3. The van der Waals surface area contributed by atoms with E-state index in [1.54, 1.807) is 0 Å². The van der Waals surface area contributed by atoms with Crippen LogP contribution < -0.4 is 0 Å². The van der Waals surface area contributed by atoms with Crippen molar-refractivity contribution in [2.24, 2.45) is 0 Å². The second kappa shape index (κ2) is 13.8. The van der Waals surface area contributed by atoms with Gasteiger partial charge in [0, 0.05) is 6.61 Å². The van der Waals surface area contributed by atoms with Gasteiger partial charge in [-0.3, -0.25) is 0 Å². The first-order valence-electron chi connectivity index (χ1n) is 9.55. The summed E-state index contributed by atoms with van der Waals surface area (Å²) in [7, 11) is 0. The highest BCUT2D eigenvalue weighted by atomic mass is 16.5. The fourth-order valence-corrected chi connectivity index (χ4v) is 2.83. The summed E-state index contributed by atoms with van der Waals surface area (Å²) in [6.07, 6.45) is 11.8. The number of hydrogen-bond acceptors (Lipinski definition) is 5. The Morgan fingerprint density at radius 2 is 1.71 bits per heavy atom. The summed E-state index contributed by atoms with van der Waals surface area (Å²) in [6, 6.07) is 0. The van der Waals surface area contributed by atoms with E-state index in [1.807, 2.05) is 0 Å². The summed E-state index contributed by atoms with van der Waals surface area (Å²) in [5.74, 6) is 0. The molecule has 1 aliphatic rings. The van der Waals surface area contributed by atoms with Crippen LogP contribution in [0.4, 0.5) is 0 Å². The minimum atomic E-state index is -1.03. The van der Waals surface area contributed by atoms with Crippen molar-refractivity contribution in [2.75, 3.05) is 19.8 Å². The zero-order valence-electron chi connectivity index (χ0n) is 15.1. The smallest absolute Gasteiger partial charge is 0.114 e. The van der Waals surface area contributed by atoms with Crippen molar-refractivity contribution in [1.82, 2.24) is 0 Å². The molecule has 0 unspecified atom stereocenters. The van der Waals surface area contributed by atoms with E-state index >= 15 is 0 Å². The lowest BCUT2D eigenvalue weighted by molar-refractivity contribution is -0.0813. The van der Waals surface area contributed by atoms with Crippen molar-refractivity contribution >= 4 is 0 Å². The minimum absolute atomic E-state index is 0.0654. The molecule has 5 heteroatoms. The minimum Gasteiger partial charge on any atom is -0.388 e. The predicted molar refractivity (Wildman–Crippen MR) is 94.9 cm³/mol. The van der Waals surface area contributed by atoms with E-state index in [9.17, 15) is 15.3 Å². The summed E-state index contributed by atoms with van der Waals surface area (Å²) in [6.45, 7) is 3.03. The van der Waals surface area contributed by atoms with Crippen LogP contribution in [0, 0.1) is 0 Å². The van der Waals surface area contributed by atoms with Crippen LogP contribution in [-0.2, 0) is 9.47 Å². The molecule has 1 heterocycles. The molecule has 1 rings (SSSR count). The van der Waals surface area contributed by atoms with Gasteiger partial charge < -0.3 is 24.8 Å². The number of unbranched alkanes of at least 4 members (excludes halogenated alkanes) is 7. The van der Waals surface area contributed by atoms with E-state index < -0.39 is 24.4 Å². The van der Waals surface area contributed by atoms with Gasteiger partial charge in [-0.25, -0.2) is 0 Å². The van der Waals surface area contributed by atoms with Gasteiger partial charge in [0.2, 0.25) is 0 Å².